The molecule has 0 heterocycles. The molecule has 1 atom stereocenters. The molecule has 1 aromatic rings. The average molecular weight is 268 g/mol. The maximum atomic E-state index is 11.7. The smallest absolute Gasteiger partial charge is 0.220 e. The Morgan fingerprint density at radius 1 is 1.39 bits per heavy atom. The molecule has 3 nitrogen and oxygen atoms in total. The lowest BCUT2D eigenvalue weighted by molar-refractivity contribution is -0.122. The van der Waals surface area contributed by atoms with E-state index in [1.54, 1.807) is 12.1 Å². The molecule has 0 saturated heterocycles. The Bertz CT molecular complexity index is 401. The van der Waals surface area contributed by atoms with Gasteiger partial charge in [-0.05, 0) is 30.0 Å². The van der Waals surface area contributed by atoms with Crippen LogP contribution in [0.15, 0.2) is 24.3 Å². The van der Waals surface area contributed by atoms with Crippen LogP contribution in [0.5, 0.6) is 0 Å². The average Bonchev–Trinajstić information content (AvgIpc) is 3.19. The van der Waals surface area contributed by atoms with E-state index in [0.29, 0.717) is 11.4 Å². The van der Waals surface area contributed by atoms with Crippen LogP contribution >= 0.6 is 11.6 Å². The van der Waals surface area contributed by atoms with Crippen LogP contribution in [0.1, 0.15) is 37.3 Å². The third-order valence-electron chi connectivity index (χ3n) is 3.27. The summed E-state index contributed by atoms with van der Waals surface area (Å²) >= 11 is 5.81. The SMILES string of the molecule is O=C(CCC1CC1)NC(CO)c1ccc(Cl)cc1. The second-order valence-electron chi connectivity index (χ2n) is 4.84. The molecule has 1 fully saturated rings. The molecule has 0 radical (unpaired) electrons. The van der Waals surface area contributed by atoms with Crippen molar-refractivity contribution in [2.75, 3.05) is 6.61 Å². The van der Waals surface area contributed by atoms with Crippen molar-refractivity contribution in [3.8, 4) is 0 Å². The first-order valence-electron chi connectivity index (χ1n) is 6.34. The Kier molecular flexibility index (Phi) is 4.61. The second-order valence-corrected chi connectivity index (χ2v) is 5.27. The third kappa shape index (κ3) is 4.00. The Morgan fingerprint density at radius 2 is 2.06 bits per heavy atom. The fourth-order valence-electron chi connectivity index (χ4n) is 1.94. The molecule has 1 aromatic carbocycles. The van der Waals surface area contributed by atoms with Crippen molar-refractivity contribution in [1.29, 1.82) is 0 Å². The summed E-state index contributed by atoms with van der Waals surface area (Å²) < 4.78 is 0. The maximum Gasteiger partial charge on any atom is 0.220 e. The van der Waals surface area contributed by atoms with E-state index in [1.807, 2.05) is 12.1 Å². The van der Waals surface area contributed by atoms with Gasteiger partial charge in [-0.15, -0.1) is 0 Å². The molecular weight excluding hydrogens is 250 g/mol. The molecule has 18 heavy (non-hydrogen) atoms. The number of hydrogen-bond donors (Lipinski definition) is 2. The molecule has 4 heteroatoms. The van der Waals surface area contributed by atoms with E-state index >= 15 is 0 Å². The van der Waals surface area contributed by atoms with E-state index in [0.717, 1.165) is 17.9 Å². The van der Waals surface area contributed by atoms with Crippen molar-refractivity contribution in [1.82, 2.24) is 5.32 Å². The standard InChI is InChI=1S/C14H18ClNO2/c15-12-6-4-11(5-7-12)13(9-17)16-14(18)8-3-10-1-2-10/h4-7,10,13,17H,1-3,8-9H2,(H,16,18). The van der Waals surface area contributed by atoms with Gasteiger partial charge in [-0.2, -0.15) is 0 Å². The summed E-state index contributed by atoms with van der Waals surface area (Å²) in [7, 11) is 0. The predicted octanol–water partition coefficient (Wildman–Crippen LogP) is 2.68. The highest BCUT2D eigenvalue weighted by atomic mass is 35.5. The summed E-state index contributed by atoms with van der Waals surface area (Å²) in [6, 6.07) is 6.83. The van der Waals surface area contributed by atoms with Crippen LogP contribution in [0.25, 0.3) is 0 Å². The maximum absolute atomic E-state index is 11.7. The summed E-state index contributed by atoms with van der Waals surface area (Å²) in [4.78, 5) is 11.7. The first kappa shape index (κ1) is 13.4. The van der Waals surface area contributed by atoms with Crippen LogP contribution in [-0.2, 0) is 4.79 Å². The van der Waals surface area contributed by atoms with Gasteiger partial charge in [0, 0.05) is 11.4 Å². The number of carbonyl (C=O) groups excluding carboxylic acids is 1. The normalized spacial score (nSPS) is 16.3. The minimum atomic E-state index is -0.339. The minimum absolute atomic E-state index is 0.0101. The Labute approximate surface area is 112 Å². The number of aliphatic hydroxyl groups excluding tert-OH is 1. The molecule has 0 bridgehead atoms. The van der Waals surface area contributed by atoms with E-state index in [2.05, 4.69) is 5.32 Å². The van der Waals surface area contributed by atoms with Crippen LogP contribution in [0.4, 0.5) is 0 Å². The highest BCUT2D eigenvalue weighted by molar-refractivity contribution is 6.30. The molecule has 98 valence electrons. The zero-order valence-corrected chi connectivity index (χ0v) is 11.0. The monoisotopic (exact) mass is 267 g/mol. The molecule has 1 saturated carbocycles. The largest absolute Gasteiger partial charge is 0.394 e. The molecule has 1 aliphatic rings. The predicted molar refractivity (Wildman–Crippen MR) is 71.4 cm³/mol. The van der Waals surface area contributed by atoms with Gasteiger partial charge in [0.25, 0.3) is 0 Å². The summed E-state index contributed by atoms with van der Waals surface area (Å²) in [5.74, 6) is 0.759. The third-order valence-corrected chi connectivity index (χ3v) is 3.52. The molecule has 0 spiro atoms. The van der Waals surface area contributed by atoms with Gasteiger partial charge in [-0.1, -0.05) is 36.6 Å². The summed E-state index contributed by atoms with van der Waals surface area (Å²) in [5, 5.41) is 12.8. The van der Waals surface area contributed by atoms with E-state index in [1.165, 1.54) is 12.8 Å². The summed E-state index contributed by atoms with van der Waals surface area (Å²) in [6.45, 7) is -0.100. The lowest BCUT2D eigenvalue weighted by atomic mass is 10.1. The Morgan fingerprint density at radius 3 is 2.61 bits per heavy atom. The number of amides is 1. The van der Waals surface area contributed by atoms with Crippen molar-refractivity contribution < 1.29 is 9.90 Å². The van der Waals surface area contributed by atoms with Crippen molar-refractivity contribution >= 4 is 17.5 Å². The molecule has 1 unspecified atom stereocenters. The van der Waals surface area contributed by atoms with Crippen LogP contribution in [-0.4, -0.2) is 17.6 Å². The molecule has 1 aliphatic carbocycles. The lowest BCUT2D eigenvalue weighted by Gasteiger charge is -2.16. The zero-order chi connectivity index (χ0) is 13.0. The van der Waals surface area contributed by atoms with Crippen LogP contribution in [0, 0.1) is 5.92 Å². The van der Waals surface area contributed by atoms with Gasteiger partial charge < -0.3 is 10.4 Å². The van der Waals surface area contributed by atoms with Crippen LogP contribution < -0.4 is 5.32 Å². The highest BCUT2D eigenvalue weighted by Crippen LogP contribution is 2.33. The van der Waals surface area contributed by atoms with E-state index < -0.39 is 0 Å². The first-order chi connectivity index (χ1) is 8.69. The van der Waals surface area contributed by atoms with Crippen molar-refractivity contribution in [3.63, 3.8) is 0 Å². The highest BCUT2D eigenvalue weighted by Gasteiger charge is 2.22. The number of nitrogens with one attached hydrogen (secondary N) is 1. The van der Waals surface area contributed by atoms with Gasteiger partial charge in [-0.25, -0.2) is 0 Å². The molecule has 2 N–H and O–H groups in total. The number of aliphatic hydroxyl groups is 1. The quantitative estimate of drug-likeness (QED) is 0.833. The van der Waals surface area contributed by atoms with Crippen molar-refractivity contribution in [3.05, 3.63) is 34.9 Å². The second kappa shape index (κ2) is 6.21. The van der Waals surface area contributed by atoms with Crippen molar-refractivity contribution in [2.24, 2.45) is 5.92 Å². The number of hydrogen-bond acceptors (Lipinski definition) is 2. The Hall–Kier alpha value is -1.06. The Balaban J connectivity index is 1.87. The van der Waals surface area contributed by atoms with Gasteiger partial charge >= 0.3 is 0 Å². The van der Waals surface area contributed by atoms with E-state index in [4.69, 9.17) is 11.6 Å². The molecule has 1 amide bonds. The van der Waals surface area contributed by atoms with Gasteiger partial charge in [0.15, 0.2) is 0 Å². The fraction of sp³-hybridized carbons (Fsp3) is 0.500. The van der Waals surface area contributed by atoms with Crippen LogP contribution in [0.3, 0.4) is 0 Å². The topological polar surface area (TPSA) is 49.3 Å². The first-order valence-corrected chi connectivity index (χ1v) is 6.72. The molecular formula is C14H18ClNO2. The summed E-state index contributed by atoms with van der Waals surface area (Å²) in [5.41, 5.74) is 0.877. The van der Waals surface area contributed by atoms with Gasteiger partial charge in [0.2, 0.25) is 5.91 Å². The van der Waals surface area contributed by atoms with Gasteiger partial charge in [0.05, 0.1) is 12.6 Å². The summed E-state index contributed by atoms with van der Waals surface area (Å²) in [6.07, 6.45) is 4.03. The van der Waals surface area contributed by atoms with Crippen LogP contribution in [0.2, 0.25) is 5.02 Å². The number of benzene rings is 1. The number of rotatable bonds is 6. The molecule has 0 aliphatic heterocycles. The minimum Gasteiger partial charge on any atom is -0.394 e. The number of carbonyl (C=O) groups is 1. The van der Waals surface area contributed by atoms with Crippen molar-refractivity contribution in [2.45, 2.75) is 31.7 Å². The van der Waals surface area contributed by atoms with Gasteiger partial charge in [-0.3, -0.25) is 4.79 Å². The lowest BCUT2D eigenvalue weighted by Crippen LogP contribution is -2.30. The molecule has 2 rings (SSSR count). The van der Waals surface area contributed by atoms with Gasteiger partial charge in [0.1, 0.15) is 0 Å². The molecule has 0 aromatic heterocycles. The zero-order valence-electron chi connectivity index (χ0n) is 10.2. The van der Waals surface area contributed by atoms with E-state index in [9.17, 15) is 9.90 Å². The van der Waals surface area contributed by atoms with E-state index in [-0.39, 0.29) is 18.6 Å². The fourth-order valence-corrected chi connectivity index (χ4v) is 2.06. The number of halogens is 1.